The van der Waals surface area contributed by atoms with Gasteiger partial charge in [-0.1, -0.05) is 13.0 Å². The van der Waals surface area contributed by atoms with Gasteiger partial charge < -0.3 is 10.6 Å². The van der Waals surface area contributed by atoms with Crippen molar-refractivity contribution in [3.05, 3.63) is 30.1 Å². The molecule has 0 unspecified atom stereocenters. The Kier molecular flexibility index (Phi) is 6.79. The quantitative estimate of drug-likeness (QED) is 0.629. The van der Waals surface area contributed by atoms with E-state index in [1.54, 1.807) is 0 Å². The molecule has 2 N–H and O–H groups in total. The molecule has 3 nitrogen and oxygen atoms in total. The van der Waals surface area contributed by atoms with Crippen LogP contribution in [0.4, 0.5) is 0 Å². The van der Waals surface area contributed by atoms with Crippen LogP contribution in [0.3, 0.4) is 0 Å². The molecule has 0 bridgehead atoms. The van der Waals surface area contributed by atoms with Gasteiger partial charge in [-0.25, -0.2) is 0 Å². The van der Waals surface area contributed by atoms with Gasteiger partial charge in [0.1, 0.15) is 0 Å². The van der Waals surface area contributed by atoms with Crippen molar-refractivity contribution in [2.75, 3.05) is 26.2 Å². The highest BCUT2D eigenvalue weighted by Gasteiger charge is 1.91. The van der Waals surface area contributed by atoms with Crippen molar-refractivity contribution in [3.63, 3.8) is 0 Å². The summed E-state index contributed by atoms with van der Waals surface area (Å²) in [6, 6.07) is 4.10. The molecule has 0 aliphatic heterocycles. The van der Waals surface area contributed by atoms with Crippen molar-refractivity contribution < 1.29 is 0 Å². The molecule has 0 saturated carbocycles. The molecule has 1 heterocycles. The van der Waals surface area contributed by atoms with Crippen LogP contribution < -0.4 is 10.6 Å². The number of nitrogens with one attached hydrogen (secondary N) is 2. The van der Waals surface area contributed by atoms with E-state index in [1.165, 1.54) is 12.0 Å². The standard InChI is InChI=1S/C12H21N3/c1-2-6-13-9-10-14-8-5-12-4-3-7-15-11-12/h3-4,7,11,13-14H,2,5-6,8-10H2,1H3. The summed E-state index contributed by atoms with van der Waals surface area (Å²) < 4.78 is 0. The molecule has 0 aromatic carbocycles. The van der Waals surface area contributed by atoms with Crippen LogP contribution in [-0.4, -0.2) is 31.2 Å². The topological polar surface area (TPSA) is 37.0 Å². The third-order valence-corrected chi connectivity index (χ3v) is 2.22. The van der Waals surface area contributed by atoms with Crippen molar-refractivity contribution in [2.45, 2.75) is 19.8 Å². The van der Waals surface area contributed by atoms with Gasteiger partial charge >= 0.3 is 0 Å². The van der Waals surface area contributed by atoms with Crippen LogP contribution in [0.5, 0.6) is 0 Å². The van der Waals surface area contributed by atoms with E-state index >= 15 is 0 Å². The van der Waals surface area contributed by atoms with E-state index in [2.05, 4.69) is 28.6 Å². The summed E-state index contributed by atoms with van der Waals surface area (Å²) in [6.45, 7) is 6.42. The minimum Gasteiger partial charge on any atom is -0.315 e. The van der Waals surface area contributed by atoms with Gasteiger partial charge in [0.2, 0.25) is 0 Å². The van der Waals surface area contributed by atoms with Gasteiger partial charge in [-0.2, -0.15) is 0 Å². The van der Waals surface area contributed by atoms with Gasteiger partial charge in [0.25, 0.3) is 0 Å². The van der Waals surface area contributed by atoms with Gasteiger partial charge in [-0.15, -0.1) is 0 Å². The first-order valence-electron chi connectivity index (χ1n) is 5.74. The Bertz CT molecular complexity index is 236. The largest absolute Gasteiger partial charge is 0.315 e. The number of pyridine rings is 1. The van der Waals surface area contributed by atoms with E-state index in [-0.39, 0.29) is 0 Å². The Balaban J connectivity index is 1.93. The third-order valence-electron chi connectivity index (χ3n) is 2.22. The minimum atomic E-state index is 1.03. The van der Waals surface area contributed by atoms with Crippen molar-refractivity contribution in [1.82, 2.24) is 15.6 Å². The monoisotopic (exact) mass is 207 g/mol. The molecule has 0 radical (unpaired) electrons. The third kappa shape index (κ3) is 6.20. The molecule has 1 aromatic rings. The van der Waals surface area contributed by atoms with Gasteiger partial charge in [0, 0.05) is 25.5 Å². The van der Waals surface area contributed by atoms with Crippen molar-refractivity contribution in [2.24, 2.45) is 0 Å². The lowest BCUT2D eigenvalue weighted by Crippen LogP contribution is -2.29. The molecular weight excluding hydrogens is 186 g/mol. The summed E-state index contributed by atoms with van der Waals surface area (Å²) in [5, 5.41) is 6.76. The fourth-order valence-corrected chi connectivity index (χ4v) is 1.38. The van der Waals surface area contributed by atoms with E-state index < -0.39 is 0 Å². The molecule has 1 aromatic heterocycles. The summed E-state index contributed by atoms with van der Waals surface area (Å²) in [5.74, 6) is 0. The first-order valence-corrected chi connectivity index (χ1v) is 5.74. The molecule has 0 amide bonds. The highest BCUT2D eigenvalue weighted by atomic mass is 14.9. The van der Waals surface area contributed by atoms with Crippen molar-refractivity contribution >= 4 is 0 Å². The van der Waals surface area contributed by atoms with Crippen LogP contribution in [-0.2, 0) is 6.42 Å². The molecule has 0 aliphatic rings. The average molecular weight is 207 g/mol. The number of hydrogen-bond acceptors (Lipinski definition) is 3. The summed E-state index contributed by atoms with van der Waals surface area (Å²) in [4.78, 5) is 4.08. The smallest absolute Gasteiger partial charge is 0.0300 e. The van der Waals surface area contributed by atoms with Gasteiger partial charge in [-0.3, -0.25) is 4.98 Å². The SMILES string of the molecule is CCCNCCNCCc1cccnc1. The van der Waals surface area contributed by atoms with Crippen molar-refractivity contribution in [3.8, 4) is 0 Å². The lowest BCUT2D eigenvalue weighted by Gasteiger charge is -2.05. The maximum Gasteiger partial charge on any atom is 0.0300 e. The normalized spacial score (nSPS) is 10.5. The highest BCUT2D eigenvalue weighted by molar-refractivity contribution is 5.08. The summed E-state index contributed by atoms with van der Waals surface area (Å²) in [6.07, 6.45) is 6.00. The Morgan fingerprint density at radius 1 is 1.13 bits per heavy atom. The van der Waals surface area contributed by atoms with Crippen LogP contribution in [0.25, 0.3) is 0 Å². The maximum atomic E-state index is 4.08. The van der Waals surface area contributed by atoms with E-state index in [4.69, 9.17) is 0 Å². The summed E-state index contributed by atoms with van der Waals surface area (Å²) in [5.41, 5.74) is 1.30. The Morgan fingerprint density at radius 2 is 1.93 bits per heavy atom. The molecular formula is C12H21N3. The van der Waals surface area contributed by atoms with Gasteiger partial charge in [0.05, 0.1) is 0 Å². The van der Waals surface area contributed by atoms with E-state index in [0.29, 0.717) is 0 Å². The first-order chi connectivity index (χ1) is 7.43. The van der Waals surface area contributed by atoms with Crippen molar-refractivity contribution in [1.29, 1.82) is 0 Å². The molecule has 0 spiro atoms. The lowest BCUT2D eigenvalue weighted by molar-refractivity contribution is 0.607. The molecule has 0 saturated heterocycles. The Hall–Kier alpha value is -0.930. The van der Waals surface area contributed by atoms with Crippen LogP contribution in [0.2, 0.25) is 0 Å². The molecule has 15 heavy (non-hydrogen) atoms. The summed E-state index contributed by atoms with van der Waals surface area (Å²) in [7, 11) is 0. The minimum absolute atomic E-state index is 1.03. The molecule has 84 valence electrons. The van der Waals surface area contributed by atoms with E-state index in [0.717, 1.165) is 32.6 Å². The van der Waals surface area contributed by atoms with Crippen LogP contribution in [0.1, 0.15) is 18.9 Å². The number of rotatable bonds is 8. The second-order valence-corrected chi connectivity index (χ2v) is 3.61. The van der Waals surface area contributed by atoms with E-state index in [9.17, 15) is 0 Å². The molecule has 0 atom stereocenters. The highest BCUT2D eigenvalue weighted by Crippen LogP contribution is 1.94. The first kappa shape index (κ1) is 12.1. The second-order valence-electron chi connectivity index (χ2n) is 3.61. The van der Waals surface area contributed by atoms with Gasteiger partial charge in [-0.05, 0) is 37.6 Å². The van der Waals surface area contributed by atoms with E-state index in [1.807, 2.05) is 18.5 Å². The second kappa shape index (κ2) is 8.38. The molecule has 3 heteroatoms. The zero-order valence-electron chi connectivity index (χ0n) is 9.50. The maximum absolute atomic E-state index is 4.08. The van der Waals surface area contributed by atoms with Crippen LogP contribution >= 0.6 is 0 Å². The fourth-order valence-electron chi connectivity index (χ4n) is 1.38. The predicted octanol–water partition coefficient (Wildman–Crippen LogP) is 1.21. The van der Waals surface area contributed by atoms with Crippen LogP contribution in [0, 0.1) is 0 Å². The zero-order valence-corrected chi connectivity index (χ0v) is 9.50. The number of aromatic nitrogens is 1. The average Bonchev–Trinajstić information content (AvgIpc) is 2.29. The zero-order chi connectivity index (χ0) is 10.8. The van der Waals surface area contributed by atoms with Crippen LogP contribution in [0.15, 0.2) is 24.5 Å². The number of hydrogen-bond donors (Lipinski definition) is 2. The Labute approximate surface area is 92.3 Å². The molecule has 0 aliphatic carbocycles. The van der Waals surface area contributed by atoms with Gasteiger partial charge in [0.15, 0.2) is 0 Å². The molecule has 1 rings (SSSR count). The lowest BCUT2D eigenvalue weighted by atomic mass is 10.2. The predicted molar refractivity (Wildman–Crippen MR) is 64.0 cm³/mol. The molecule has 0 fully saturated rings. The fraction of sp³-hybridized carbons (Fsp3) is 0.583. The summed E-state index contributed by atoms with van der Waals surface area (Å²) >= 11 is 0. The number of nitrogens with zero attached hydrogens (tertiary/aromatic N) is 1. The Morgan fingerprint density at radius 3 is 2.60 bits per heavy atom.